The Kier molecular flexibility index (Phi) is 6.00. The molecule has 1 N–H and O–H groups in total. The Hall–Kier alpha value is -3.64. The Morgan fingerprint density at radius 2 is 2.00 bits per heavy atom. The molecule has 37 heavy (non-hydrogen) atoms. The maximum Gasteiger partial charge on any atom is 0.231 e. The number of Topliss-reactive ketones (excluding diaryl/α,β-unsaturated/α-hetero) is 1. The Balaban J connectivity index is 1.16. The second-order valence-electron chi connectivity index (χ2n) is 10.8. The monoisotopic (exact) mass is 493 g/mol. The molecule has 0 saturated heterocycles. The largest absolute Gasteiger partial charge is 0.388 e. The number of benzene rings is 2. The number of fused-ring (bicyclic) bond motifs is 2. The highest BCUT2D eigenvalue weighted by Gasteiger charge is 2.40. The van der Waals surface area contributed by atoms with Crippen LogP contribution in [0.15, 0.2) is 65.8 Å². The molecule has 3 heterocycles. The van der Waals surface area contributed by atoms with E-state index in [1.807, 2.05) is 61.5 Å². The van der Waals surface area contributed by atoms with Crippen LogP contribution in [0.1, 0.15) is 70.4 Å². The summed E-state index contributed by atoms with van der Waals surface area (Å²) < 4.78 is 0. The predicted octanol–water partition coefficient (Wildman–Crippen LogP) is 4.82. The van der Waals surface area contributed by atoms with Gasteiger partial charge in [0.05, 0.1) is 30.8 Å². The van der Waals surface area contributed by atoms with Crippen molar-refractivity contribution < 1.29 is 14.7 Å². The number of amides is 1. The number of hydrogen-bond acceptors (Lipinski definition) is 5. The number of aliphatic hydroxyl groups is 1. The zero-order chi connectivity index (χ0) is 25.6. The van der Waals surface area contributed by atoms with Gasteiger partial charge < -0.3 is 10.0 Å². The number of carbonyl (C=O) groups excluding carboxylic acids is 2. The van der Waals surface area contributed by atoms with Crippen LogP contribution in [0.5, 0.6) is 0 Å². The number of hydrogen-bond donors (Lipinski definition) is 1. The Morgan fingerprint density at radius 3 is 2.86 bits per heavy atom. The molecular formula is C31H31N3O3. The molecule has 0 radical (unpaired) electrons. The molecule has 0 unspecified atom stereocenters. The summed E-state index contributed by atoms with van der Waals surface area (Å²) in [4.78, 5) is 36.8. The van der Waals surface area contributed by atoms with Crippen LogP contribution >= 0.6 is 0 Å². The normalized spacial score (nSPS) is 22.5. The van der Waals surface area contributed by atoms with Crippen LogP contribution in [-0.2, 0) is 17.8 Å². The Morgan fingerprint density at radius 1 is 1.14 bits per heavy atom. The van der Waals surface area contributed by atoms with E-state index >= 15 is 0 Å². The zero-order valence-electron chi connectivity index (χ0n) is 21.1. The van der Waals surface area contributed by atoms with Gasteiger partial charge in [-0.15, -0.1) is 0 Å². The van der Waals surface area contributed by atoms with Crippen molar-refractivity contribution in [2.24, 2.45) is 10.9 Å². The molecule has 1 fully saturated rings. The molecule has 2 aromatic carbocycles. The minimum atomic E-state index is -0.979. The summed E-state index contributed by atoms with van der Waals surface area (Å²) in [7, 11) is 0. The predicted molar refractivity (Wildman–Crippen MR) is 143 cm³/mol. The highest BCUT2D eigenvalue weighted by atomic mass is 16.3. The number of para-hydroxylation sites is 1. The molecule has 3 aromatic rings. The Bertz CT molecular complexity index is 1430. The lowest BCUT2D eigenvalue weighted by atomic mass is 9.75. The second kappa shape index (κ2) is 9.34. The van der Waals surface area contributed by atoms with Crippen LogP contribution in [0, 0.1) is 12.8 Å². The van der Waals surface area contributed by atoms with Crippen molar-refractivity contribution in [3.8, 4) is 0 Å². The molecule has 1 aromatic heterocycles. The van der Waals surface area contributed by atoms with Gasteiger partial charge in [-0.2, -0.15) is 0 Å². The SMILES string of the molecule is Cc1cc(C2=NCc3ccc(C(=O)C[C@@H]4CCC[C@](O)(CN5C(=O)Cc6ccccc65)C4)cc32)ccn1. The molecule has 0 bridgehead atoms. The minimum Gasteiger partial charge on any atom is -0.388 e. The fourth-order valence-corrected chi connectivity index (χ4v) is 6.24. The van der Waals surface area contributed by atoms with E-state index in [0.717, 1.165) is 52.2 Å². The third-order valence-corrected chi connectivity index (χ3v) is 8.04. The molecule has 6 rings (SSSR count). The van der Waals surface area contributed by atoms with Crippen molar-refractivity contribution in [1.82, 2.24) is 4.98 Å². The molecule has 2 aliphatic heterocycles. The number of aryl methyl sites for hydroxylation is 1. The van der Waals surface area contributed by atoms with E-state index in [-0.39, 0.29) is 24.2 Å². The van der Waals surface area contributed by atoms with Crippen molar-refractivity contribution >= 4 is 23.1 Å². The van der Waals surface area contributed by atoms with Crippen LogP contribution in [-0.4, -0.2) is 39.6 Å². The lowest BCUT2D eigenvalue weighted by Gasteiger charge is -2.39. The van der Waals surface area contributed by atoms with E-state index in [1.54, 1.807) is 11.1 Å². The van der Waals surface area contributed by atoms with Gasteiger partial charge in [-0.25, -0.2) is 0 Å². The van der Waals surface area contributed by atoms with Crippen molar-refractivity contribution in [3.63, 3.8) is 0 Å². The van der Waals surface area contributed by atoms with Gasteiger partial charge in [-0.05, 0) is 67.5 Å². The first kappa shape index (κ1) is 23.7. The van der Waals surface area contributed by atoms with Crippen molar-refractivity contribution in [2.75, 3.05) is 11.4 Å². The third kappa shape index (κ3) is 4.62. The second-order valence-corrected chi connectivity index (χ2v) is 10.8. The number of ketones is 1. The highest BCUT2D eigenvalue weighted by molar-refractivity contribution is 6.16. The van der Waals surface area contributed by atoms with Gasteiger partial charge in [-0.1, -0.05) is 36.8 Å². The molecule has 6 heteroatoms. The van der Waals surface area contributed by atoms with E-state index in [9.17, 15) is 14.7 Å². The minimum absolute atomic E-state index is 0.0350. The fraction of sp³-hybridized carbons (Fsp3) is 0.355. The highest BCUT2D eigenvalue weighted by Crippen LogP contribution is 2.38. The first-order valence-electron chi connectivity index (χ1n) is 13.1. The number of pyridine rings is 1. The maximum absolute atomic E-state index is 13.4. The van der Waals surface area contributed by atoms with Crippen LogP contribution in [0.3, 0.4) is 0 Å². The maximum atomic E-state index is 13.4. The van der Waals surface area contributed by atoms with E-state index in [2.05, 4.69) is 4.98 Å². The summed E-state index contributed by atoms with van der Waals surface area (Å²) in [5.74, 6) is 0.216. The number of β-amino-alcohol motifs (C(OH)–C–C–N with tert-alkyl or cyclic N) is 1. The number of aromatic nitrogens is 1. The smallest absolute Gasteiger partial charge is 0.231 e. The number of nitrogens with zero attached hydrogens (tertiary/aromatic N) is 3. The summed E-state index contributed by atoms with van der Waals surface area (Å²) in [6.45, 7) is 2.87. The van der Waals surface area contributed by atoms with Gasteiger partial charge >= 0.3 is 0 Å². The summed E-state index contributed by atoms with van der Waals surface area (Å²) in [5, 5.41) is 11.5. The molecule has 1 aliphatic carbocycles. The average Bonchev–Trinajstić information content (AvgIpc) is 3.44. The van der Waals surface area contributed by atoms with Gasteiger partial charge in [0.1, 0.15) is 0 Å². The molecule has 1 amide bonds. The van der Waals surface area contributed by atoms with Crippen LogP contribution in [0.2, 0.25) is 0 Å². The summed E-state index contributed by atoms with van der Waals surface area (Å²) in [6.07, 6.45) is 5.50. The summed E-state index contributed by atoms with van der Waals surface area (Å²) in [5.41, 5.74) is 6.64. The van der Waals surface area contributed by atoms with Crippen molar-refractivity contribution in [2.45, 2.75) is 57.6 Å². The van der Waals surface area contributed by atoms with Crippen molar-refractivity contribution in [3.05, 3.63) is 94.3 Å². The van der Waals surface area contributed by atoms with Crippen LogP contribution in [0.4, 0.5) is 5.69 Å². The fourth-order valence-electron chi connectivity index (χ4n) is 6.24. The van der Waals surface area contributed by atoms with E-state index in [1.165, 1.54) is 0 Å². The van der Waals surface area contributed by atoms with Gasteiger partial charge in [-0.3, -0.25) is 19.6 Å². The topological polar surface area (TPSA) is 82.9 Å². The number of anilines is 1. The lowest BCUT2D eigenvalue weighted by molar-refractivity contribution is -0.118. The van der Waals surface area contributed by atoms with Gasteiger partial charge in [0.2, 0.25) is 5.91 Å². The quantitative estimate of drug-likeness (QED) is 0.499. The van der Waals surface area contributed by atoms with E-state index in [4.69, 9.17) is 4.99 Å². The van der Waals surface area contributed by atoms with Gasteiger partial charge in [0, 0.05) is 40.7 Å². The summed E-state index contributed by atoms with van der Waals surface area (Å²) in [6, 6.07) is 17.7. The van der Waals surface area contributed by atoms with E-state index in [0.29, 0.717) is 37.8 Å². The molecule has 188 valence electrons. The third-order valence-electron chi connectivity index (χ3n) is 8.04. The average molecular weight is 494 g/mol. The molecule has 3 aliphatic rings. The molecular weight excluding hydrogens is 462 g/mol. The van der Waals surface area contributed by atoms with Crippen molar-refractivity contribution in [1.29, 1.82) is 0 Å². The number of rotatable bonds is 6. The first-order chi connectivity index (χ1) is 17.9. The van der Waals surface area contributed by atoms with Gasteiger partial charge in [0.25, 0.3) is 0 Å². The molecule has 6 nitrogen and oxygen atoms in total. The lowest BCUT2D eigenvalue weighted by Crippen LogP contribution is -2.47. The Labute approximate surface area is 217 Å². The number of carbonyl (C=O) groups is 2. The van der Waals surface area contributed by atoms with E-state index < -0.39 is 5.60 Å². The summed E-state index contributed by atoms with van der Waals surface area (Å²) >= 11 is 0. The standard InChI is InChI=1S/C31H31N3O3/c1-20-13-24(10-12-32-20)30-26-15-23(8-9-25(26)18-33-30)28(35)14-21-5-4-11-31(37,17-21)19-34-27-7-3-2-6-22(27)16-29(34)36/h2-3,6-10,12-13,15,21,37H,4-5,11,14,16-19H2,1H3/t21-,31+/m0/s1. The first-order valence-corrected chi connectivity index (χ1v) is 13.1. The number of aliphatic imine (C=N–C) groups is 1. The van der Waals surface area contributed by atoms with Gasteiger partial charge in [0.15, 0.2) is 5.78 Å². The molecule has 1 saturated carbocycles. The molecule has 2 atom stereocenters. The zero-order valence-corrected chi connectivity index (χ0v) is 21.1. The van der Waals surface area contributed by atoms with Crippen LogP contribution in [0.25, 0.3) is 0 Å². The molecule has 0 spiro atoms. The van der Waals surface area contributed by atoms with Crippen LogP contribution < -0.4 is 4.90 Å².